The second-order valence-electron chi connectivity index (χ2n) is 4.52. The molecule has 86 valence electrons. The molecule has 0 aliphatic rings. The molecule has 0 saturated heterocycles. The molecule has 3 aromatic rings. The van der Waals surface area contributed by atoms with Crippen LogP contribution >= 0.6 is 11.6 Å². The zero-order valence-electron chi connectivity index (χ0n) is 9.97. The van der Waals surface area contributed by atoms with Gasteiger partial charge in [0.05, 0.1) is 0 Å². The average Bonchev–Trinajstić information content (AvgIpc) is 2.65. The van der Waals surface area contributed by atoms with Crippen LogP contribution in [0.3, 0.4) is 0 Å². The number of fused-ring (bicyclic) bond motifs is 3. The monoisotopic (exact) mass is 243 g/mol. The Morgan fingerprint density at radius 3 is 2.59 bits per heavy atom. The van der Waals surface area contributed by atoms with Gasteiger partial charge in [-0.15, -0.1) is 0 Å². The van der Waals surface area contributed by atoms with Gasteiger partial charge < -0.3 is 4.98 Å². The molecule has 0 saturated carbocycles. The van der Waals surface area contributed by atoms with Crippen molar-refractivity contribution < 1.29 is 0 Å². The first-order valence-corrected chi connectivity index (χ1v) is 6.27. The Hall–Kier alpha value is -1.47. The Morgan fingerprint density at radius 2 is 1.82 bits per heavy atom. The standard InChI is InChI=1S/C15H14ClN/c1-3-10-7-15-12(8-13(10)16)11-6-9(2)4-5-14(11)17-15/h4-8,17H,3H2,1-2H3. The number of rotatable bonds is 1. The number of hydrogen-bond acceptors (Lipinski definition) is 0. The first-order valence-electron chi connectivity index (χ1n) is 5.89. The zero-order chi connectivity index (χ0) is 12.0. The maximum atomic E-state index is 6.29. The fourth-order valence-corrected chi connectivity index (χ4v) is 2.65. The smallest absolute Gasteiger partial charge is 0.0468 e. The average molecular weight is 244 g/mol. The Bertz CT molecular complexity index is 710. The molecule has 1 nitrogen and oxygen atoms in total. The summed E-state index contributed by atoms with van der Waals surface area (Å²) in [5.74, 6) is 0. The second kappa shape index (κ2) is 3.78. The second-order valence-corrected chi connectivity index (χ2v) is 4.92. The molecule has 1 aromatic heterocycles. The van der Waals surface area contributed by atoms with Crippen LogP contribution in [0.2, 0.25) is 5.02 Å². The number of nitrogens with one attached hydrogen (secondary N) is 1. The number of H-pyrrole nitrogens is 1. The molecule has 3 rings (SSSR count). The molecule has 0 atom stereocenters. The summed E-state index contributed by atoms with van der Waals surface area (Å²) in [6.07, 6.45) is 0.961. The van der Waals surface area contributed by atoms with Crippen molar-refractivity contribution in [2.45, 2.75) is 20.3 Å². The van der Waals surface area contributed by atoms with Gasteiger partial charge in [-0.2, -0.15) is 0 Å². The van der Waals surface area contributed by atoms with Crippen molar-refractivity contribution in [3.63, 3.8) is 0 Å². The molecule has 0 spiro atoms. The summed E-state index contributed by atoms with van der Waals surface area (Å²) in [6.45, 7) is 4.24. The van der Waals surface area contributed by atoms with Crippen LogP contribution in [-0.4, -0.2) is 4.98 Å². The fourth-order valence-electron chi connectivity index (χ4n) is 2.35. The van der Waals surface area contributed by atoms with E-state index in [0.717, 1.165) is 11.4 Å². The van der Waals surface area contributed by atoms with Gasteiger partial charge in [-0.05, 0) is 43.2 Å². The highest BCUT2D eigenvalue weighted by molar-refractivity contribution is 6.32. The summed E-state index contributed by atoms with van der Waals surface area (Å²) in [4.78, 5) is 3.45. The fraction of sp³-hybridized carbons (Fsp3) is 0.200. The van der Waals surface area contributed by atoms with Gasteiger partial charge >= 0.3 is 0 Å². The topological polar surface area (TPSA) is 15.8 Å². The number of aromatic amines is 1. The van der Waals surface area contributed by atoms with E-state index in [1.807, 2.05) is 0 Å². The molecule has 0 aliphatic carbocycles. The number of halogens is 1. The summed E-state index contributed by atoms with van der Waals surface area (Å²) in [6, 6.07) is 10.7. The van der Waals surface area contributed by atoms with E-state index in [0.29, 0.717) is 0 Å². The SMILES string of the molecule is CCc1cc2[nH]c3ccc(C)cc3c2cc1Cl. The van der Waals surface area contributed by atoms with Crippen LogP contribution in [0.5, 0.6) is 0 Å². The third-order valence-electron chi connectivity index (χ3n) is 3.30. The Balaban J connectivity index is 2.44. The normalized spacial score (nSPS) is 11.5. The van der Waals surface area contributed by atoms with Gasteiger partial charge in [-0.25, -0.2) is 0 Å². The van der Waals surface area contributed by atoms with Crippen LogP contribution in [-0.2, 0) is 6.42 Å². The number of aromatic nitrogens is 1. The van der Waals surface area contributed by atoms with Crippen LogP contribution < -0.4 is 0 Å². The van der Waals surface area contributed by atoms with Crippen molar-refractivity contribution in [2.75, 3.05) is 0 Å². The molecule has 1 N–H and O–H groups in total. The summed E-state index contributed by atoms with van der Waals surface area (Å²) in [5, 5.41) is 3.33. The third-order valence-corrected chi connectivity index (χ3v) is 3.65. The molecule has 2 heteroatoms. The van der Waals surface area contributed by atoms with Gasteiger partial charge in [-0.1, -0.05) is 30.2 Å². The minimum atomic E-state index is 0.863. The molecule has 0 aliphatic heterocycles. The van der Waals surface area contributed by atoms with Gasteiger partial charge in [0.2, 0.25) is 0 Å². The van der Waals surface area contributed by atoms with E-state index in [-0.39, 0.29) is 0 Å². The molecule has 0 radical (unpaired) electrons. The predicted octanol–water partition coefficient (Wildman–Crippen LogP) is 4.85. The quantitative estimate of drug-likeness (QED) is 0.629. The number of aryl methyl sites for hydroxylation is 2. The summed E-state index contributed by atoms with van der Waals surface area (Å²) >= 11 is 6.29. The Labute approximate surface area is 105 Å². The molecule has 0 fully saturated rings. The number of hydrogen-bond donors (Lipinski definition) is 1. The summed E-state index contributed by atoms with van der Waals surface area (Å²) < 4.78 is 0. The van der Waals surface area contributed by atoms with E-state index in [4.69, 9.17) is 11.6 Å². The first kappa shape index (κ1) is 10.7. The van der Waals surface area contributed by atoms with Crippen LogP contribution in [0, 0.1) is 6.92 Å². The molecular weight excluding hydrogens is 230 g/mol. The van der Waals surface area contributed by atoms with E-state index in [1.54, 1.807) is 0 Å². The van der Waals surface area contributed by atoms with Crippen LogP contribution in [0.4, 0.5) is 0 Å². The van der Waals surface area contributed by atoms with Crippen LogP contribution in [0.1, 0.15) is 18.1 Å². The Morgan fingerprint density at radius 1 is 1.06 bits per heavy atom. The summed E-state index contributed by atoms with van der Waals surface area (Å²) in [5.41, 5.74) is 4.82. The van der Waals surface area contributed by atoms with Crippen molar-refractivity contribution in [3.8, 4) is 0 Å². The first-order chi connectivity index (χ1) is 8.19. The molecule has 17 heavy (non-hydrogen) atoms. The van der Waals surface area contributed by atoms with E-state index < -0.39 is 0 Å². The van der Waals surface area contributed by atoms with Crippen molar-refractivity contribution in [2.24, 2.45) is 0 Å². The van der Waals surface area contributed by atoms with Gasteiger partial charge in [0, 0.05) is 26.8 Å². The minimum Gasteiger partial charge on any atom is -0.355 e. The van der Waals surface area contributed by atoms with Gasteiger partial charge in [0.1, 0.15) is 0 Å². The lowest BCUT2D eigenvalue weighted by atomic mass is 10.1. The van der Waals surface area contributed by atoms with Gasteiger partial charge in [0.25, 0.3) is 0 Å². The van der Waals surface area contributed by atoms with Crippen LogP contribution in [0.25, 0.3) is 21.8 Å². The molecule has 2 aromatic carbocycles. The summed E-state index contributed by atoms with van der Waals surface area (Å²) in [7, 11) is 0. The number of benzene rings is 2. The van der Waals surface area contributed by atoms with Crippen molar-refractivity contribution in [1.82, 2.24) is 4.98 Å². The van der Waals surface area contributed by atoms with Crippen molar-refractivity contribution >= 4 is 33.4 Å². The Kier molecular flexibility index (Phi) is 2.37. The van der Waals surface area contributed by atoms with E-state index >= 15 is 0 Å². The maximum Gasteiger partial charge on any atom is 0.0468 e. The third kappa shape index (κ3) is 1.62. The lowest BCUT2D eigenvalue weighted by Crippen LogP contribution is -1.81. The lowest BCUT2D eigenvalue weighted by Gasteiger charge is -2.01. The molecule has 1 heterocycles. The zero-order valence-corrected chi connectivity index (χ0v) is 10.7. The highest BCUT2D eigenvalue weighted by Crippen LogP contribution is 2.30. The molecule has 0 unspecified atom stereocenters. The van der Waals surface area contributed by atoms with Crippen molar-refractivity contribution in [1.29, 1.82) is 0 Å². The highest BCUT2D eigenvalue weighted by Gasteiger charge is 2.07. The van der Waals surface area contributed by atoms with E-state index in [2.05, 4.69) is 49.2 Å². The molecule has 0 bridgehead atoms. The molecule has 0 amide bonds. The van der Waals surface area contributed by atoms with E-state index in [9.17, 15) is 0 Å². The predicted molar refractivity (Wildman–Crippen MR) is 74.9 cm³/mol. The lowest BCUT2D eigenvalue weighted by molar-refractivity contribution is 1.14. The van der Waals surface area contributed by atoms with Gasteiger partial charge in [-0.3, -0.25) is 0 Å². The van der Waals surface area contributed by atoms with Gasteiger partial charge in [0.15, 0.2) is 0 Å². The largest absolute Gasteiger partial charge is 0.355 e. The van der Waals surface area contributed by atoms with Crippen molar-refractivity contribution in [3.05, 3.63) is 46.5 Å². The molecular formula is C15H14ClN. The minimum absolute atomic E-state index is 0.863. The van der Waals surface area contributed by atoms with E-state index in [1.165, 1.54) is 32.9 Å². The van der Waals surface area contributed by atoms with Crippen LogP contribution in [0.15, 0.2) is 30.3 Å². The maximum absolute atomic E-state index is 6.29. The highest BCUT2D eigenvalue weighted by atomic mass is 35.5.